The molecular formula is C15H17N3OS. The van der Waals surface area contributed by atoms with Gasteiger partial charge in [-0.25, -0.2) is 9.97 Å². The Balaban J connectivity index is 1.81. The van der Waals surface area contributed by atoms with Crippen LogP contribution in [0.25, 0.3) is 10.2 Å². The molecule has 1 saturated heterocycles. The van der Waals surface area contributed by atoms with Crippen molar-refractivity contribution in [1.29, 1.82) is 0 Å². The maximum atomic E-state index is 11.1. The lowest BCUT2D eigenvalue weighted by Crippen LogP contribution is -2.36. The van der Waals surface area contributed by atoms with E-state index in [9.17, 15) is 4.79 Å². The molecule has 4 rings (SSSR count). The molecule has 1 aliphatic heterocycles. The number of hydrogen-bond donors (Lipinski definition) is 0. The van der Waals surface area contributed by atoms with E-state index in [1.54, 1.807) is 6.33 Å². The fourth-order valence-electron chi connectivity index (χ4n) is 3.47. The maximum absolute atomic E-state index is 11.1. The molecule has 3 heterocycles. The summed E-state index contributed by atoms with van der Waals surface area (Å²) < 4.78 is 0. The van der Waals surface area contributed by atoms with Crippen molar-refractivity contribution in [2.24, 2.45) is 5.92 Å². The van der Waals surface area contributed by atoms with Gasteiger partial charge in [-0.3, -0.25) is 0 Å². The van der Waals surface area contributed by atoms with Crippen molar-refractivity contribution >= 4 is 33.7 Å². The first-order valence-corrected chi connectivity index (χ1v) is 8.14. The van der Waals surface area contributed by atoms with Crippen molar-refractivity contribution in [1.82, 2.24) is 9.97 Å². The summed E-state index contributed by atoms with van der Waals surface area (Å²) in [4.78, 5) is 25.0. The van der Waals surface area contributed by atoms with Gasteiger partial charge in [-0.2, -0.15) is 0 Å². The monoisotopic (exact) mass is 287 g/mol. The number of thiophene rings is 1. The zero-order valence-corrected chi connectivity index (χ0v) is 12.2. The molecule has 20 heavy (non-hydrogen) atoms. The highest BCUT2D eigenvalue weighted by Crippen LogP contribution is 2.40. The van der Waals surface area contributed by atoms with Crippen LogP contribution in [0.3, 0.4) is 0 Å². The summed E-state index contributed by atoms with van der Waals surface area (Å²) in [6, 6.07) is 0. The third kappa shape index (κ3) is 1.84. The molecule has 0 spiro atoms. The zero-order chi connectivity index (χ0) is 13.5. The lowest BCUT2D eigenvalue weighted by Gasteiger charge is -2.31. The molecule has 1 aliphatic carbocycles. The average Bonchev–Trinajstić information content (AvgIpc) is 3.07. The number of anilines is 1. The standard InChI is InChI=1S/C15H17N3OS/c19-8-10-3-2-6-18(7-10)14-13-11-4-1-5-12(11)20-15(13)17-9-16-14/h8-10H,1-7H2. The van der Waals surface area contributed by atoms with Crippen LogP contribution in [-0.4, -0.2) is 29.3 Å². The highest BCUT2D eigenvalue weighted by atomic mass is 32.1. The summed E-state index contributed by atoms with van der Waals surface area (Å²) >= 11 is 1.82. The number of nitrogens with zero attached hydrogens (tertiary/aromatic N) is 3. The highest BCUT2D eigenvalue weighted by molar-refractivity contribution is 7.19. The second-order valence-corrected chi connectivity index (χ2v) is 6.80. The minimum atomic E-state index is 0.153. The number of carbonyl (C=O) groups is 1. The molecule has 0 N–H and O–H groups in total. The van der Waals surface area contributed by atoms with Crippen molar-refractivity contribution in [3.63, 3.8) is 0 Å². The molecule has 2 aromatic heterocycles. The predicted molar refractivity (Wildman–Crippen MR) is 80.4 cm³/mol. The van der Waals surface area contributed by atoms with E-state index >= 15 is 0 Å². The zero-order valence-electron chi connectivity index (χ0n) is 11.3. The van der Waals surface area contributed by atoms with E-state index in [-0.39, 0.29) is 5.92 Å². The van der Waals surface area contributed by atoms with Gasteiger partial charge in [0.05, 0.1) is 5.39 Å². The van der Waals surface area contributed by atoms with Crippen molar-refractivity contribution in [2.75, 3.05) is 18.0 Å². The Morgan fingerprint density at radius 1 is 1.30 bits per heavy atom. The summed E-state index contributed by atoms with van der Waals surface area (Å²) in [6.07, 6.45) is 8.45. The number of piperidine rings is 1. The van der Waals surface area contributed by atoms with Crippen molar-refractivity contribution in [2.45, 2.75) is 32.1 Å². The minimum Gasteiger partial charge on any atom is -0.355 e. The van der Waals surface area contributed by atoms with Crippen LogP contribution in [0, 0.1) is 5.92 Å². The molecule has 104 valence electrons. The largest absolute Gasteiger partial charge is 0.355 e. The van der Waals surface area contributed by atoms with E-state index in [2.05, 4.69) is 14.9 Å². The summed E-state index contributed by atoms with van der Waals surface area (Å²) in [5, 5.41) is 1.26. The Morgan fingerprint density at radius 2 is 2.25 bits per heavy atom. The van der Waals surface area contributed by atoms with Gasteiger partial charge in [0.25, 0.3) is 0 Å². The van der Waals surface area contributed by atoms with Gasteiger partial charge in [0, 0.05) is 23.9 Å². The number of aromatic nitrogens is 2. The Labute approximate surface area is 121 Å². The Bertz CT molecular complexity index is 666. The van der Waals surface area contributed by atoms with Gasteiger partial charge < -0.3 is 9.69 Å². The fourth-order valence-corrected chi connectivity index (χ4v) is 4.69. The third-order valence-corrected chi connectivity index (χ3v) is 5.63. The van der Waals surface area contributed by atoms with Crippen LogP contribution in [0.15, 0.2) is 6.33 Å². The Hall–Kier alpha value is -1.49. The minimum absolute atomic E-state index is 0.153. The number of rotatable bonds is 2. The smallest absolute Gasteiger partial charge is 0.141 e. The van der Waals surface area contributed by atoms with Crippen LogP contribution in [0.1, 0.15) is 29.7 Å². The van der Waals surface area contributed by atoms with Gasteiger partial charge in [-0.1, -0.05) is 0 Å². The molecule has 5 heteroatoms. The molecule has 0 saturated carbocycles. The molecule has 0 bridgehead atoms. The SMILES string of the molecule is O=CC1CCCN(c2ncnc3sc4c(c23)CCC4)C1. The number of aryl methyl sites for hydroxylation is 2. The first-order valence-electron chi connectivity index (χ1n) is 7.32. The maximum Gasteiger partial charge on any atom is 0.141 e. The Morgan fingerprint density at radius 3 is 3.15 bits per heavy atom. The highest BCUT2D eigenvalue weighted by Gasteiger charge is 2.26. The molecule has 2 aliphatic rings. The van der Waals surface area contributed by atoms with Crippen molar-refractivity contribution < 1.29 is 4.79 Å². The van der Waals surface area contributed by atoms with Crippen LogP contribution in [0.5, 0.6) is 0 Å². The molecule has 0 aromatic carbocycles. The number of fused-ring (bicyclic) bond motifs is 3. The summed E-state index contributed by atoms with van der Waals surface area (Å²) in [6.45, 7) is 1.81. The number of aldehydes is 1. The van der Waals surface area contributed by atoms with Crippen molar-refractivity contribution in [3.05, 3.63) is 16.8 Å². The van der Waals surface area contributed by atoms with Gasteiger partial charge in [0.1, 0.15) is 23.3 Å². The van der Waals surface area contributed by atoms with Crippen LogP contribution < -0.4 is 4.90 Å². The average molecular weight is 287 g/mol. The van der Waals surface area contributed by atoms with Gasteiger partial charge in [-0.05, 0) is 37.7 Å². The number of carbonyl (C=O) groups excluding carboxylic acids is 1. The van der Waals surface area contributed by atoms with Crippen LogP contribution in [0.2, 0.25) is 0 Å². The van der Waals surface area contributed by atoms with Crippen LogP contribution >= 0.6 is 11.3 Å². The molecular weight excluding hydrogens is 270 g/mol. The normalized spacial score (nSPS) is 22.2. The van der Waals surface area contributed by atoms with E-state index < -0.39 is 0 Å². The van der Waals surface area contributed by atoms with E-state index in [4.69, 9.17) is 0 Å². The second-order valence-electron chi connectivity index (χ2n) is 5.72. The van der Waals surface area contributed by atoms with Crippen LogP contribution in [-0.2, 0) is 17.6 Å². The van der Waals surface area contributed by atoms with E-state index in [1.807, 2.05) is 11.3 Å². The Kier molecular flexibility index (Phi) is 2.95. The molecule has 0 amide bonds. The first kappa shape index (κ1) is 12.3. The topological polar surface area (TPSA) is 46.1 Å². The van der Waals surface area contributed by atoms with Gasteiger partial charge in [-0.15, -0.1) is 11.3 Å². The first-order chi connectivity index (χ1) is 9.86. The second kappa shape index (κ2) is 4.81. The molecule has 4 nitrogen and oxygen atoms in total. The third-order valence-electron chi connectivity index (χ3n) is 4.43. The van der Waals surface area contributed by atoms with Gasteiger partial charge in [0.15, 0.2) is 0 Å². The molecule has 2 aromatic rings. The molecule has 1 fully saturated rings. The van der Waals surface area contributed by atoms with Gasteiger partial charge >= 0.3 is 0 Å². The van der Waals surface area contributed by atoms with E-state index in [1.165, 1.54) is 28.7 Å². The molecule has 1 unspecified atom stereocenters. The van der Waals surface area contributed by atoms with Crippen molar-refractivity contribution in [3.8, 4) is 0 Å². The molecule has 0 radical (unpaired) electrons. The quantitative estimate of drug-likeness (QED) is 0.797. The summed E-state index contributed by atoms with van der Waals surface area (Å²) in [5.74, 6) is 1.21. The fraction of sp³-hybridized carbons (Fsp3) is 0.533. The predicted octanol–water partition coefficient (Wildman–Crippen LogP) is 2.60. The lowest BCUT2D eigenvalue weighted by molar-refractivity contribution is -0.111. The van der Waals surface area contributed by atoms with E-state index in [0.717, 1.165) is 49.3 Å². The van der Waals surface area contributed by atoms with Gasteiger partial charge in [0.2, 0.25) is 0 Å². The van der Waals surface area contributed by atoms with E-state index in [0.29, 0.717) is 0 Å². The molecule has 1 atom stereocenters. The number of hydrogen-bond acceptors (Lipinski definition) is 5. The summed E-state index contributed by atoms with van der Waals surface area (Å²) in [7, 11) is 0. The lowest BCUT2D eigenvalue weighted by atomic mass is 9.99. The summed E-state index contributed by atoms with van der Waals surface area (Å²) in [5.41, 5.74) is 1.47. The van der Waals surface area contributed by atoms with Crippen LogP contribution in [0.4, 0.5) is 5.82 Å².